The Labute approximate surface area is 108 Å². The van der Waals surface area contributed by atoms with Crippen LogP contribution in [0.5, 0.6) is 0 Å². The summed E-state index contributed by atoms with van der Waals surface area (Å²) in [6, 6.07) is 6.75. The SMILES string of the molecule is O=C(CCC(F)(F)F)N1CCC(O)c2ccccc21. The van der Waals surface area contributed by atoms with Crippen LogP contribution in [-0.4, -0.2) is 23.7 Å². The van der Waals surface area contributed by atoms with Gasteiger partial charge in [0, 0.05) is 24.2 Å². The third-order valence-electron chi connectivity index (χ3n) is 3.14. The van der Waals surface area contributed by atoms with E-state index in [1.54, 1.807) is 24.3 Å². The molecule has 6 heteroatoms. The standard InChI is InChI=1S/C13H14F3NO2/c14-13(15,16)7-5-12(19)17-8-6-11(18)9-3-1-2-4-10(9)17/h1-4,11,18H,5-8H2. The first-order chi connectivity index (χ1) is 8.88. The van der Waals surface area contributed by atoms with Crippen LogP contribution in [0.2, 0.25) is 0 Å². The molecule has 1 aromatic rings. The Kier molecular flexibility index (Phi) is 3.80. The van der Waals surface area contributed by atoms with Crippen LogP contribution in [0.15, 0.2) is 24.3 Å². The zero-order valence-electron chi connectivity index (χ0n) is 10.2. The van der Waals surface area contributed by atoms with E-state index in [2.05, 4.69) is 0 Å². The molecule has 0 radical (unpaired) electrons. The quantitative estimate of drug-likeness (QED) is 0.900. The van der Waals surface area contributed by atoms with Crippen molar-refractivity contribution in [3.63, 3.8) is 0 Å². The molecule has 1 atom stereocenters. The number of hydrogen-bond donors (Lipinski definition) is 1. The Balaban J connectivity index is 2.14. The van der Waals surface area contributed by atoms with Gasteiger partial charge in [0.1, 0.15) is 0 Å². The number of halogens is 3. The molecule has 1 amide bonds. The summed E-state index contributed by atoms with van der Waals surface area (Å²) in [5.74, 6) is -0.559. The van der Waals surface area contributed by atoms with Gasteiger partial charge >= 0.3 is 6.18 Å². The molecule has 0 aliphatic carbocycles. The number of carbonyl (C=O) groups excluding carboxylic acids is 1. The summed E-state index contributed by atoms with van der Waals surface area (Å²) in [5.41, 5.74) is 1.10. The molecule has 0 bridgehead atoms. The maximum absolute atomic E-state index is 12.1. The van der Waals surface area contributed by atoms with Crippen molar-refractivity contribution in [1.29, 1.82) is 0 Å². The number of hydrogen-bond acceptors (Lipinski definition) is 2. The fourth-order valence-electron chi connectivity index (χ4n) is 2.19. The number of fused-ring (bicyclic) bond motifs is 1. The van der Waals surface area contributed by atoms with Gasteiger partial charge in [-0.15, -0.1) is 0 Å². The molecule has 104 valence electrons. The molecule has 19 heavy (non-hydrogen) atoms. The lowest BCUT2D eigenvalue weighted by Gasteiger charge is -2.32. The van der Waals surface area contributed by atoms with Crippen molar-refractivity contribution in [2.45, 2.75) is 31.5 Å². The molecule has 0 fully saturated rings. The molecule has 1 aliphatic heterocycles. The van der Waals surface area contributed by atoms with Gasteiger partial charge in [0.25, 0.3) is 0 Å². The van der Waals surface area contributed by atoms with Crippen LogP contribution in [-0.2, 0) is 4.79 Å². The van der Waals surface area contributed by atoms with Gasteiger partial charge in [0.15, 0.2) is 0 Å². The minimum absolute atomic E-state index is 0.245. The van der Waals surface area contributed by atoms with Gasteiger partial charge in [-0.3, -0.25) is 4.79 Å². The Morgan fingerprint density at radius 1 is 1.37 bits per heavy atom. The summed E-state index contributed by atoms with van der Waals surface area (Å²) >= 11 is 0. The van der Waals surface area contributed by atoms with Crippen LogP contribution < -0.4 is 4.90 Å². The lowest BCUT2D eigenvalue weighted by atomic mass is 9.98. The van der Waals surface area contributed by atoms with Gasteiger partial charge < -0.3 is 10.0 Å². The Morgan fingerprint density at radius 2 is 2.05 bits per heavy atom. The van der Waals surface area contributed by atoms with E-state index in [0.717, 1.165) is 0 Å². The van der Waals surface area contributed by atoms with Crippen molar-refractivity contribution >= 4 is 11.6 Å². The topological polar surface area (TPSA) is 40.5 Å². The molecule has 0 saturated carbocycles. The second-order valence-electron chi connectivity index (χ2n) is 4.52. The molecule has 1 N–H and O–H groups in total. The highest BCUT2D eigenvalue weighted by Crippen LogP contribution is 2.34. The Morgan fingerprint density at radius 3 is 2.74 bits per heavy atom. The summed E-state index contributed by atoms with van der Waals surface area (Å²) in [6.45, 7) is 0.245. The summed E-state index contributed by atoms with van der Waals surface area (Å²) in [7, 11) is 0. The van der Waals surface area contributed by atoms with Crippen LogP contribution in [0.3, 0.4) is 0 Å². The number of anilines is 1. The average molecular weight is 273 g/mol. The van der Waals surface area contributed by atoms with E-state index in [-0.39, 0.29) is 6.54 Å². The predicted molar refractivity (Wildman–Crippen MR) is 63.7 cm³/mol. The van der Waals surface area contributed by atoms with Gasteiger partial charge in [-0.2, -0.15) is 13.2 Å². The number of nitrogens with zero attached hydrogens (tertiary/aromatic N) is 1. The smallest absolute Gasteiger partial charge is 0.388 e. The minimum atomic E-state index is -4.33. The molecule has 0 saturated heterocycles. The zero-order valence-corrected chi connectivity index (χ0v) is 10.2. The first-order valence-electron chi connectivity index (χ1n) is 6.02. The largest absolute Gasteiger partial charge is 0.389 e. The first kappa shape index (κ1) is 13.9. The lowest BCUT2D eigenvalue weighted by molar-refractivity contribution is -0.143. The summed E-state index contributed by atoms with van der Waals surface area (Å²) in [5, 5.41) is 9.80. The van der Waals surface area contributed by atoms with Gasteiger partial charge in [-0.25, -0.2) is 0 Å². The first-order valence-corrected chi connectivity index (χ1v) is 6.02. The second kappa shape index (κ2) is 5.21. The maximum atomic E-state index is 12.1. The fourth-order valence-corrected chi connectivity index (χ4v) is 2.19. The van der Waals surface area contributed by atoms with Gasteiger partial charge in [-0.05, 0) is 12.5 Å². The molecule has 2 rings (SSSR count). The van der Waals surface area contributed by atoms with Crippen LogP contribution in [0.4, 0.5) is 18.9 Å². The molecule has 1 aromatic carbocycles. The molecular formula is C13H14F3NO2. The van der Waals surface area contributed by atoms with E-state index in [0.29, 0.717) is 17.7 Å². The van der Waals surface area contributed by atoms with Gasteiger partial charge in [0.2, 0.25) is 5.91 Å². The number of para-hydroxylation sites is 1. The summed E-state index contributed by atoms with van der Waals surface area (Å²) < 4.78 is 36.4. The average Bonchev–Trinajstić information content (AvgIpc) is 2.36. The zero-order chi connectivity index (χ0) is 14.0. The number of amides is 1. The minimum Gasteiger partial charge on any atom is -0.388 e. The number of aliphatic hydroxyl groups is 1. The van der Waals surface area contributed by atoms with E-state index in [9.17, 15) is 23.1 Å². The highest BCUT2D eigenvalue weighted by atomic mass is 19.4. The van der Waals surface area contributed by atoms with Gasteiger partial charge in [-0.1, -0.05) is 18.2 Å². The molecule has 0 aromatic heterocycles. The van der Waals surface area contributed by atoms with Crippen molar-refractivity contribution in [2.24, 2.45) is 0 Å². The van der Waals surface area contributed by atoms with E-state index in [4.69, 9.17) is 0 Å². The maximum Gasteiger partial charge on any atom is 0.389 e. The fraction of sp³-hybridized carbons (Fsp3) is 0.462. The number of alkyl halides is 3. The van der Waals surface area contributed by atoms with E-state index in [1.165, 1.54) is 4.90 Å². The molecule has 0 spiro atoms. The van der Waals surface area contributed by atoms with Crippen LogP contribution in [0, 0.1) is 0 Å². The molecule has 1 heterocycles. The Bertz CT molecular complexity index is 473. The van der Waals surface area contributed by atoms with Crippen molar-refractivity contribution in [2.75, 3.05) is 11.4 Å². The van der Waals surface area contributed by atoms with Crippen LogP contribution in [0.25, 0.3) is 0 Å². The Hall–Kier alpha value is -1.56. The number of carbonyl (C=O) groups is 1. The third kappa shape index (κ3) is 3.26. The van der Waals surface area contributed by atoms with Crippen molar-refractivity contribution in [3.05, 3.63) is 29.8 Å². The lowest BCUT2D eigenvalue weighted by Crippen LogP contribution is -2.37. The predicted octanol–water partition coefficient (Wildman–Crippen LogP) is 2.80. The van der Waals surface area contributed by atoms with Crippen LogP contribution in [0.1, 0.15) is 30.9 Å². The molecular weight excluding hydrogens is 259 g/mol. The monoisotopic (exact) mass is 273 g/mol. The third-order valence-corrected chi connectivity index (χ3v) is 3.14. The molecule has 3 nitrogen and oxygen atoms in total. The number of rotatable bonds is 2. The number of benzene rings is 1. The molecule has 1 aliphatic rings. The van der Waals surface area contributed by atoms with E-state index >= 15 is 0 Å². The van der Waals surface area contributed by atoms with Crippen molar-refractivity contribution < 1.29 is 23.1 Å². The van der Waals surface area contributed by atoms with Crippen LogP contribution >= 0.6 is 0 Å². The second-order valence-corrected chi connectivity index (χ2v) is 4.52. The number of aliphatic hydroxyl groups excluding tert-OH is 1. The van der Waals surface area contributed by atoms with E-state index in [1.807, 2.05) is 0 Å². The normalized spacial score (nSPS) is 19.2. The molecule has 1 unspecified atom stereocenters. The van der Waals surface area contributed by atoms with E-state index < -0.39 is 31.0 Å². The summed E-state index contributed by atoms with van der Waals surface area (Å²) in [6.07, 6.45) is -6.33. The highest BCUT2D eigenvalue weighted by Gasteiger charge is 2.31. The summed E-state index contributed by atoms with van der Waals surface area (Å²) in [4.78, 5) is 13.2. The highest BCUT2D eigenvalue weighted by molar-refractivity contribution is 5.94. The van der Waals surface area contributed by atoms with Crippen molar-refractivity contribution in [3.8, 4) is 0 Å². The van der Waals surface area contributed by atoms with Gasteiger partial charge in [0.05, 0.1) is 12.5 Å². The van der Waals surface area contributed by atoms with Crippen molar-refractivity contribution in [1.82, 2.24) is 0 Å².